The van der Waals surface area contributed by atoms with Crippen LogP contribution in [-0.2, 0) is 0 Å². The maximum absolute atomic E-state index is 12.9. The average Bonchev–Trinajstić information content (AvgIpc) is 3.60. The van der Waals surface area contributed by atoms with Gasteiger partial charge in [-0.15, -0.1) is 0 Å². The molecule has 1 aliphatic heterocycles. The molecule has 1 saturated heterocycles. The molecule has 2 N–H and O–H groups in total. The van der Waals surface area contributed by atoms with Crippen LogP contribution in [0.1, 0.15) is 31.2 Å². The number of anilines is 3. The summed E-state index contributed by atoms with van der Waals surface area (Å²) in [5.74, 6) is 0.497. The Morgan fingerprint density at radius 1 is 1.06 bits per heavy atom. The lowest BCUT2D eigenvalue weighted by Gasteiger charge is -2.33. The van der Waals surface area contributed by atoms with E-state index < -0.39 is 6.61 Å². The normalized spacial score (nSPS) is 16.3. The van der Waals surface area contributed by atoms with E-state index in [1.807, 2.05) is 30.0 Å². The van der Waals surface area contributed by atoms with E-state index in [4.69, 9.17) is 0 Å². The summed E-state index contributed by atoms with van der Waals surface area (Å²) < 4.78 is 29.0. The van der Waals surface area contributed by atoms with E-state index in [2.05, 4.69) is 25.3 Å². The van der Waals surface area contributed by atoms with Crippen molar-refractivity contribution in [1.82, 2.24) is 14.9 Å². The van der Waals surface area contributed by atoms with E-state index in [9.17, 15) is 13.6 Å². The summed E-state index contributed by atoms with van der Waals surface area (Å²) in [7, 11) is 0. The Bertz CT molecular complexity index is 1200. The predicted molar refractivity (Wildman–Crippen MR) is 130 cm³/mol. The number of carbonyl (C=O) groups is 1. The largest absolute Gasteiger partial charge is 0.435 e. The molecule has 1 aromatic heterocycles. The number of rotatable bonds is 6. The molecule has 1 saturated carbocycles. The molecule has 0 unspecified atom stereocenters. The summed E-state index contributed by atoms with van der Waals surface area (Å²) in [5.41, 5.74) is 4.37. The monoisotopic (exact) mass is 479 g/mol. The molecule has 2 fully saturated rings. The van der Waals surface area contributed by atoms with Crippen molar-refractivity contribution in [1.29, 1.82) is 0 Å². The number of nitrogens with one attached hydrogen (secondary N) is 2. The Hall–Kier alpha value is -3.75. The number of likely N-dealkylation sites (tertiary alicyclic amines) is 1. The predicted octanol–water partition coefficient (Wildman–Crippen LogP) is 6.20. The van der Waals surface area contributed by atoms with Crippen LogP contribution in [0, 0.1) is 12.3 Å². The first-order valence-electron chi connectivity index (χ1n) is 11.7. The number of urea groups is 1. The molecule has 2 amide bonds. The highest BCUT2D eigenvalue weighted by molar-refractivity contribution is 5.91. The third-order valence-electron chi connectivity index (χ3n) is 6.71. The van der Waals surface area contributed by atoms with Gasteiger partial charge in [-0.25, -0.2) is 14.8 Å². The van der Waals surface area contributed by atoms with Crippen molar-refractivity contribution in [3.8, 4) is 16.9 Å². The summed E-state index contributed by atoms with van der Waals surface area (Å²) >= 11 is 0. The molecule has 2 heterocycles. The van der Waals surface area contributed by atoms with E-state index in [0.29, 0.717) is 11.4 Å². The Morgan fingerprint density at radius 2 is 1.80 bits per heavy atom. The van der Waals surface area contributed by atoms with Gasteiger partial charge in [0.15, 0.2) is 0 Å². The number of amides is 2. The molecule has 3 aromatic rings. The van der Waals surface area contributed by atoms with E-state index >= 15 is 0 Å². The fourth-order valence-corrected chi connectivity index (χ4v) is 4.49. The van der Waals surface area contributed by atoms with Gasteiger partial charge in [0.05, 0.1) is 0 Å². The van der Waals surface area contributed by atoms with Gasteiger partial charge in [-0.2, -0.15) is 8.78 Å². The Morgan fingerprint density at radius 3 is 2.49 bits per heavy atom. The molecule has 0 radical (unpaired) electrons. The maximum Gasteiger partial charge on any atom is 0.387 e. The molecule has 1 spiro atoms. The molecule has 2 aromatic carbocycles. The molecule has 35 heavy (non-hydrogen) atoms. The van der Waals surface area contributed by atoms with Gasteiger partial charge in [0.1, 0.15) is 5.75 Å². The van der Waals surface area contributed by atoms with Crippen LogP contribution in [0.15, 0.2) is 54.9 Å². The van der Waals surface area contributed by atoms with Crippen LogP contribution < -0.4 is 15.4 Å². The van der Waals surface area contributed by atoms with Crippen molar-refractivity contribution in [2.75, 3.05) is 23.7 Å². The highest BCUT2D eigenvalue weighted by Gasteiger charge is 2.46. The molecule has 182 valence electrons. The first-order chi connectivity index (χ1) is 16.9. The minimum absolute atomic E-state index is 0.0539. The van der Waals surface area contributed by atoms with Crippen molar-refractivity contribution >= 4 is 23.4 Å². The first-order valence-corrected chi connectivity index (χ1v) is 11.7. The minimum atomic E-state index is -2.86. The number of aryl methyl sites for hydroxylation is 1. The second-order valence-corrected chi connectivity index (χ2v) is 9.31. The smallest absolute Gasteiger partial charge is 0.387 e. The molecule has 2 aliphatic rings. The van der Waals surface area contributed by atoms with E-state index in [1.165, 1.54) is 31.4 Å². The quantitative estimate of drug-likeness (QED) is 0.440. The van der Waals surface area contributed by atoms with Crippen LogP contribution in [0.4, 0.5) is 30.9 Å². The first kappa shape index (κ1) is 23.0. The van der Waals surface area contributed by atoms with Gasteiger partial charge in [-0.05, 0) is 73.4 Å². The number of ether oxygens (including phenoxy) is 1. The van der Waals surface area contributed by atoms with Gasteiger partial charge in [-0.3, -0.25) is 0 Å². The summed E-state index contributed by atoms with van der Waals surface area (Å²) in [4.78, 5) is 23.5. The lowest BCUT2D eigenvalue weighted by atomic mass is 9.95. The number of nitrogens with zero attached hydrogens (tertiary/aromatic N) is 3. The second-order valence-electron chi connectivity index (χ2n) is 9.31. The van der Waals surface area contributed by atoms with Crippen LogP contribution in [0.2, 0.25) is 0 Å². The number of alkyl halides is 2. The maximum atomic E-state index is 12.9. The number of aromatic nitrogens is 2. The van der Waals surface area contributed by atoms with Crippen LogP contribution in [0.3, 0.4) is 0 Å². The number of benzene rings is 2. The van der Waals surface area contributed by atoms with Crippen molar-refractivity contribution in [2.45, 2.75) is 39.2 Å². The van der Waals surface area contributed by atoms with Gasteiger partial charge in [0.2, 0.25) is 5.95 Å². The SMILES string of the molecule is Cc1ccc(Nc2ncc(-c3ccc(OC(F)F)cc3)cn2)cc1NC(=O)N1CCCC2(CC2)C1. The Balaban J connectivity index is 1.23. The van der Waals surface area contributed by atoms with E-state index in [-0.39, 0.29) is 11.8 Å². The van der Waals surface area contributed by atoms with Crippen molar-refractivity contribution < 1.29 is 18.3 Å². The van der Waals surface area contributed by atoms with Crippen molar-refractivity contribution in [2.24, 2.45) is 5.41 Å². The van der Waals surface area contributed by atoms with Crippen LogP contribution >= 0.6 is 0 Å². The summed E-state index contributed by atoms with van der Waals surface area (Å²) in [5, 5.41) is 6.23. The number of piperidine rings is 1. The third-order valence-corrected chi connectivity index (χ3v) is 6.71. The highest BCUT2D eigenvalue weighted by atomic mass is 19.3. The second kappa shape index (κ2) is 9.48. The van der Waals surface area contributed by atoms with Gasteiger partial charge in [0.25, 0.3) is 0 Å². The molecule has 9 heteroatoms. The van der Waals surface area contributed by atoms with Crippen molar-refractivity contribution in [3.63, 3.8) is 0 Å². The van der Waals surface area contributed by atoms with Crippen LogP contribution in [0.25, 0.3) is 11.1 Å². The number of hydrogen-bond acceptors (Lipinski definition) is 5. The standard InChI is InChI=1S/C26H27F2N5O2/c1-17-3-6-20(13-22(17)32-25(34)33-12-2-9-26(16-33)10-11-26)31-24-29-14-19(15-30-24)18-4-7-21(8-5-18)35-23(27)28/h3-8,13-15,23H,2,9-12,16H2,1H3,(H,32,34)(H,29,30,31). The fourth-order valence-electron chi connectivity index (χ4n) is 4.49. The van der Waals surface area contributed by atoms with Crippen LogP contribution in [0.5, 0.6) is 5.75 Å². The number of carbonyl (C=O) groups excluding carboxylic acids is 1. The fraction of sp³-hybridized carbons (Fsp3) is 0.346. The summed E-state index contributed by atoms with van der Waals surface area (Å²) in [6.45, 7) is 0.746. The molecule has 5 rings (SSSR count). The molecule has 7 nitrogen and oxygen atoms in total. The summed E-state index contributed by atoms with van der Waals surface area (Å²) in [6, 6.07) is 12.0. The molecule has 1 aliphatic carbocycles. The topological polar surface area (TPSA) is 79.4 Å². The van der Waals surface area contributed by atoms with Crippen LogP contribution in [-0.4, -0.2) is 40.6 Å². The van der Waals surface area contributed by atoms with Gasteiger partial charge < -0.3 is 20.3 Å². The summed E-state index contributed by atoms with van der Waals surface area (Å²) in [6.07, 6.45) is 8.05. The lowest BCUT2D eigenvalue weighted by Crippen LogP contribution is -2.43. The number of halogens is 2. The number of hydrogen-bond donors (Lipinski definition) is 2. The van der Waals surface area contributed by atoms with E-state index in [1.54, 1.807) is 24.5 Å². The Kier molecular flexibility index (Phi) is 6.23. The zero-order valence-corrected chi connectivity index (χ0v) is 19.4. The van der Waals surface area contributed by atoms with Gasteiger partial charge in [-0.1, -0.05) is 18.2 Å². The van der Waals surface area contributed by atoms with E-state index in [0.717, 1.165) is 47.6 Å². The lowest BCUT2D eigenvalue weighted by molar-refractivity contribution is -0.0498. The highest BCUT2D eigenvalue weighted by Crippen LogP contribution is 2.52. The molecule has 0 bridgehead atoms. The molecular weight excluding hydrogens is 452 g/mol. The molecular formula is C26H27F2N5O2. The van der Waals surface area contributed by atoms with Gasteiger partial charge >= 0.3 is 12.6 Å². The van der Waals surface area contributed by atoms with Crippen molar-refractivity contribution in [3.05, 3.63) is 60.4 Å². The average molecular weight is 480 g/mol. The zero-order valence-electron chi connectivity index (χ0n) is 19.4. The minimum Gasteiger partial charge on any atom is -0.435 e. The third kappa shape index (κ3) is 5.50. The Labute approximate surface area is 202 Å². The zero-order chi connectivity index (χ0) is 24.4. The van der Waals surface area contributed by atoms with Gasteiger partial charge in [0, 0.05) is 42.4 Å². The molecule has 0 atom stereocenters.